The van der Waals surface area contributed by atoms with E-state index in [0.717, 1.165) is 31.5 Å². The molecule has 2 N–H and O–H groups in total. The molecule has 2 aromatic rings. The number of hydrogen-bond acceptors (Lipinski definition) is 6. The van der Waals surface area contributed by atoms with Gasteiger partial charge in [0.1, 0.15) is 22.6 Å². The highest BCUT2D eigenvalue weighted by Crippen LogP contribution is 2.52. The van der Waals surface area contributed by atoms with Crippen LogP contribution >= 0.6 is 11.3 Å². The molecule has 5 nitrogen and oxygen atoms in total. The summed E-state index contributed by atoms with van der Waals surface area (Å²) >= 11 is 1.55. The molecule has 0 saturated carbocycles. The van der Waals surface area contributed by atoms with E-state index < -0.39 is 0 Å². The molecule has 1 aromatic carbocycles. The van der Waals surface area contributed by atoms with E-state index in [1.54, 1.807) is 23.6 Å². The van der Waals surface area contributed by atoms with Gasteiger partial charge < -0.3 is 15.1 Å². The Morgan fingerprint density at radius 2 is 2.09 bits per heavy atom. The minimum absolute atomic E-state index is 0.00771. The zero-order chi connectivity index (χ0) is 16.0. The third kappa shape index (κ3) is 2.25. The van der Waals surface area contributed by atoms with E-state index in [-0.39, 0.29) is 11.5 Å². The van der Waals surface area contributed by atoms with Crippen LogP contribution in [0.4, 0.5) is 10.0 Å². The van der Waals surface area contributed by atoms with Crippen LogP contribution in [0.5, 0.6) is 11.5 Å². The molecule has 0 unspecified atom stereocenters. The maximum absolute atomic E-state index is 9.83. The van der Waals surface area contributed by atoms with Gasteiger partial charge in [0.2, 0.25) is 0 Å². The van der Waals surface area contributed by atoms with Gasteiger partial charge in [-0.25, -0.2) is 4.99 Å². The summed E-state index contributed by atoms with van der Waals surface area (Å²) in [6.07, 6.45) is 3.77. The number of phenolic OH excluding ortho intramolecular Hbond substituents is 2. The van der Waals surface area contributed by atoms with Gasteiger partial charge in [-0.1, -0.05) is 11.3 Å². The Kier molecular flexibility index (Phi) is 3.24. The van der Waals surface area contributed by atoms with Crippen LogP contribution in [0.15, 0.2) is 23.2 Å². The molecule has 2 bridgehead atoms. The Morgan fingerprint density at radius 1 is 1.30 bits per heavy atom. The van der Waals surface area contributed by atoms with Gasteiger partial charge in [-0.2, -0.15) is 5.26 Å². The summed E-state index contributed by atoms with van der Waals surface area (Å²) in [5.74, 6) is 0.456. The first-order valence-corrected chi connectivity index (χ1v) is 8.37. The van der Waals surface area contributed by atoms with Crippen molar-refractivity contribution in [2.24, 2.45) is 4.99 Å². The van der Waals surface area contributed by atoms with Crippen molar-refractivity contribution in [3.63, 3.8) is 0 Å². The van der Waals surface area contributed by atoms with Crippen molar-refractivity contribution < 1.29 is 10.2 Å². The average molecular weight is 325 g/mol. The van der Waals surface area contributed by atoms with E-state index in [1.165, 1.54) is 17.1 Å². The molecule has 1 saturated heterocycles. The molecule has 0 radical (unpaired) electrons. The second-order valence-electron chi connectivity index (χ2n) is 5.88. The number of hydrogen-bond donors (Lipinski definition) is 2. The van der Waals surface area contributed by atoms with E-state index in [0.29, 0.717) is 22.0 Å². The first kappa shape index (κ1) is 14.1. The molecule has 0 spiro atoms. The van der Waals surface area contributed by atoms with Crippen LogP contribution in [0.25, 0.3) is 0 Å². The summed E-state index contributed by atoms with van der Waals surface area (Å²) in [6, 6.07) is 6.69. The standard InChI is InChI=1S/C17H15N3O2S/c18-8-13-15-10-3-5-20(6-4-10)17(15)23-16(13)19-9-11-1-2-12(21)7-14(11)22/h1-2,7,9-10,21-22H,3-6H2/b19-9+. The Morgan fingerprint density at radius 3 is 2.78 bits per heavy atom. The second kappa shape index (κ2) is 5.28. The van der Waals surface area contributed by atoms with Crippen LogP contribution in [0.1, 0.15) is 35.4 Å². The summed E-state index contributed by atoms with van der Waals surface area (Å²) < 4.78 is 0. The molecule has 0 aliphatic carbocycles. The highest BCUT2D eigenvalue weighted by Gasteiger charge is 2.36. The van der Waals surface area contributed by atoms with Crippen LogP contribution in [-0.4, -0.2) is 29.5 Å². The topological polar surface area (TPSA) is 79.8 Å². The lowest BCUT2D eigenvalue weighted by molar-refractivity contribution is 0.450. The molecule has 1 aromatic heterocycles. The molecule has 3 aliphatic heterocycles. The van der Waals surface area contributed by atoms with Gasteiger partial charge in [0.15, 0.2) is 0 Å². The smallest absolute Gasteiger partial charge is 0.136 e. The van der Waals surface area contributed by atoms with Gasteiger partial charge >= 0.3 is 0 Å². The van der Waals surface area contributed by atoms with Gasteiger partial charge in [0, 0.05) is 36.5 Å². The summed E-state index contributed by atoms with van der Waals surface area (Å²) in [5, 5.41) is 30.6. The number of fused-ring (bicyclic) bond motifs is 2. The third-order valence-electron chi connectivity index (χ3n) is 4.54. The Labute approximate surface area is 137 Å². The van der Waals surface area contributed by atoms with E-state index in [1.807, 2.05) is 0 Å². The number of rotatable bonds is 2. The highest BCUT2D eigenvalue weighted by atomic mass is 32.1. The van der Waals surface area contributed by atoms with Gasteiger partial charge in [0.05, 0.1) is 10.6 Å². The van der Waals surface area contributed by atoms with Gasteiger partial charge in [-0.15, -0.1) is 0 Å². The number of thiophene rings is 1. The van der Waals surface area contributed by atoms with E-state index >= 15 is 0 Å². The Bertz CT molecular complexity index is 842. The van der Waals surface area contributed by atoms with E-state index in [9.17, 15) is 15.5 Å². The quantitative estimate of drug-likeness (QED) is 0.829. The maximum atomic E-state index is 9.83. The van der Waals surface area contributed by atoms with Crippen LogP contribution in [0, 0.1) is 11.3 Å². The minimum atomic E-state index is -0.0302. The SMILES string of the molecule is N#Cc1c(/N=C/c2ccc(O)cc2O)sc2c1C1CCN2CC1. The fraction of sp³-hybridized carbons (Fsp3) is 0.294. The van der Waals surface area contributed by atoms with Crippen molar-refractivity contribution in [3.05, 3.63) is 34.9 Å². The van der Waals surface area contributed by atoms with Crippen LogP contribution < -0.4 is 4.90 Å². The third-order valence-corrected chi connectivity index (χ3v) is 5.72. The number of phenols is 2. The predicted octanol–water partition coefficient (Wildman–Crippen LogP) is 3.48. The maximum Gasteiger partial charge on any atom is 0.136 e. The summed E-state index contributed by atoms with van der Waals surface area (Å²) in [6.45, 7) is 2.12. The number of piperidine rings is 1. The lowest BCUT2D eigenvalue weighted by atomic mass is 9.84. The van der Waals surface area contributed by atoms with Gasteiger partial charge in [-0.3, -0.25) is 0 Å². The van der Waals surface area contributed by atoms with Crippen molar-refractivity contribution in [1.29, 1.82) is 5.26 Å². The van der Waals surface area contributed by atoms with Crippen LogP contribution in [0.2, 0.25) is 0 Å². The number of aromatic hydroxyl groups is 2. The fourth-order valence-electron chi connectivity index (χ4n) is 3.37. The first-order valence-electron chi connectivity index (χ1n) is 7.55. The number of anilines is 1. The number of benzene rings is 1. The van der Waals surface area contributed by atoms with Crippen molar-refractivity contribution in [2.75, 3.05) is 18.0 Å². The molecule has 1 fully saturated rings. The monoisotopic (exact) mass is 325 g/mol. The number of nitriles is 1. The average Bonchev–Trinajstić information content (AvgIpc) is 2.95. The predicted molar refractivity (Wildman–Crippen MR) is 90.2 cm³/mol. The van der Waals surface area contributed by atoms with Crippen LogP contribution in [0.3, 0.4) is 0 Å². The van der Waals surface area contributed by atoms with Crippen LogP contribution in [-0.2, 0) is 0 Å². The molecule has 0 amide bonds. The molecule has 4 heterocycles. The number of aliphatic imine (C=N–C) groups is 1. The Balaban J connectivity index is 1.74. The summed E-state index contributed by atoms with van der Waals surface area (Å²) in [5.41, 5.74) is 2.35. The lowest BCUT2D eigenvalue weighted by Gasteiger charge is -2.39. The fourth-order valence-corrected chi connectivity index (χ4v) is 4.61. The summed E-state index contributed by atoms with van der Waals surface area (Å²) in [4.78, 5) is 6.79. The van der Waals surface area contributed by atoms with Crippen molar-refractivity contribution >= 4 is 27.6 Å². The molecule has 6 heteroatoms. The molecular formula is C17H15N3O2S. The van der Waals surface area contributed by atoms with Gasteiger partial charge in [-0.05, 0) is 30.9 Å². The molecule has 23 heavy (non-hydrogen) atoms. The highest BCUT2D eigenvalue weighted by molar-refractivity contribution is 7.20. The zero-order valence-electron chi connectivity index (χ0n) is 12.4. The molecule has 0 atom stereocenters. The summed E-state index contributed by atoms with van der Waals surface area (Å²) in [7, 11) is 0. The molecule has 5 rings (SSSR count). The van der Waals surface area contributed by atoms with Crippen molar-refractivity contribution in [1.82, 2.24) is 0 Å². The Hall–Kier alpha value is -2.52. The molecular weight excluding hydrogens is 310 g/mol. The molecule has 3 aliphatic rings. The number of nitrogens with zero attached hydrogens (tertiary/aromatic N) is 3. The lowest BCUT2D eigenvalue weighted by Crippen LogP contribution is -2.37. The largest absolute Gasteiger partial charge is 0.508 e. The normalized spacial score (nSPS) is 16.7. The molecule has 116 valence electrons. The second-order valence-corrected chi connectivity index (χ2v) is 6.85. The van der Waals surface area contributed by atoms with E-state index in [4.69, 9.17) is 0 Å². The zero-order valence-corrected chi connectivity index (χ0v) is 13.2. The van der Waals surface area contributed by atoms with Gasteiger partial charge in [0.25, 0.3) is 0 Å². The first-order chi connectivity index (χ1) is 11.2. The minimum Gasteiger partial charge on any atom is -0.508 e. The van der Waals surface area contributed by atoms with Crippen molar-refractivity contribution in [2.45, 2.75) is 18.8 Å². The van der Waals surface area contributed by atoms with Crippen molar-refractivity contribution in [3.8, 4) is 17.6 Å². The van der Waals surface area contributed by atoms with E-state index in [2.05, 4.69) is 16.0 Å².